The second-order valence-corrected chi connectivity index (χ2v) is 5.23. The molecule has 0 spiro atoms. The van der Waals surface area contributed by atoms with E-state index in [-0.39, 0.29) is 17.5 Å². The number of hydrogen-bond acceptors (Lipinski definition) is 3. The average molecular weight is 286 g/mol. The Kier molecular flexibility index (Phi) is 5.20. The lowest BCUT2D eigenvalue weighted by Gasteiger charge is -2.17. The molecule has 1 radical (unpaired) electrons. The molecule has 2 aromatic rings. The van der Waals surface area contributed by atoms with Gasteiger partial charge in [0, 0.05) is 18.2 Å². The first-order valence-electron chi connectivity index (χ1n) is 7.01. The molecule has 0 amide bonds. The molecule has 2 aromatic carbocycles. The highest BCUT2D eigenvalue weighted by Crippen LogP contribution is 2.19. The van der Waals surface area contributed by atoms with E-state index in [1.54, 1.807) is 36.4 Å². The summed E-state index contributed by atoms with van der Waals surface area (Å²) in [6, 6.07) is 13.6. The van der Waals surface area contributed by atoms with Gasteiger partial charge >= 0.3 is 0 Å². The summed E-state index contributed by atoms with van der Waals surface area (Å²) in [5, 5.41) is 34.2. The fraction of sp³-hybridized carbons (Fsp3) is 0.294. The predicted molar refractivity (Wildman–Crippen MR) is 80.8 cm³/mol. The van der Waals surface area contributed by atoms with Crippen LogP contribution in [0.25, 0.3) is 0 Å². The van der Waals surface area contributed by atoms with Crippen molar-refractivity contribution in [2.24, 2.45) is 0 Å². The van der Waals surface area contributed by atoms with E-state index < -0.39 is 6.10 Å². The van der Waals surface area contributed by atoms with Crippen molar-refractivity contribution in [3.8, 4) is 11.5 Å². The van der Waals surface area contributed by atoms with Crippen LogP contribution in [0.4, 0.5) is 0 Å². The second-order valence-electron chi connectivity index (χ2n) is 5.23. The molecule has 0 heterocycles. The van der Waals surface area contributed by atoms with Crippen LogP contribution in [0.2, 0.25) is 0 Å². The molecule has 0 aliphatic carbocycles. The van der Waals surface area contributed by atoms with Gasteiger partial charge in [0.2, 0.25) is 0 Å². The fourth-order valence-electron chi connectivity index (χ4n) is 2.20. The van der Waals surface area contributed by atoms with Crippen molar-refractivity contribution in [3.63, 3.8) is 0 Å². The Labute approximate surface area is 124 Å². The molecule has 3 N–H and O–H groups in total. The minimum absolute atomic E-state index is 0.0465. The van der Waals surface area contributed by atoms with Gasteiger partial charge in [-0.05, 0) is 37.1 Å². The van der Waals surface area contributed by atoms with E-state index in [2.05, 4.69) is 5.32 Å². The van der Waals surface area contributed by atoms with Crippen LogP contribution in [0.5, 0.6) is 11.5 Å². The predicted octanol–water partition coefficient (Wildman–Crippen LogP) is 2.79. The van der Waals surface area contributed by atoms with Gasteiger partial charge in [0.1, 0.15) is 5.75 Å². The zero-order valence-corrected chi connectivity index (χ0v) is 12.0. The number of hydrogen-bond donors (Lipinski definition) is 3. The molecular formula is C17H20NO3. The van der Waals surface area contributed by atoms with Crippen LogP contribution in [-0.4, -0.2) is 22.8 Å². The van der Waals surface area contributed by atoms with Gasteiger partial charge in [0.05, 0.1) is 6.10 Å². The lowest BCUT2D eigenvalue weighted by Crippen LogP contribution is -2.32. The number of aliphatic hydroxyl groups excluding tert-OH is 1. The maximum absolute atomic E-state index is 11.6. The van der Waals surface area contributed by atoms with Gasteiger partial charge in [-0.15, -0.1) is 0 Å². The first kappa shape index (κ1) is 15.4. The SMILES string of the molecule is CC(Cc1ccccc1[O])NCC(O)c1ccc(O)cc1. The van der Waals surface area contributed by atoms with Crippen LogP contribution in [-0.2, 0) is 11.5 Å². The normalized spacial score (nSPS) is 13.8. The van der Waals surface area contributed by atoms with Crippen molar-refractivity contribution in [3.05, 3.63) is 59.7 Å². The Hall–Kier alpha value is -2.04. The zero-order chi connectivity index (χ0) is 15.2. The summed E-state index contributed by atoms with van der Waals surface area (Å²) >= 11 is 0. The number of phenols is 1. The van der Waals surface area contributed by atoms with Crippen molar-refractivity contribution < 1.29 is 15.3 Å². The monoisotopic (exact) mass is 286 g/mol. The molecule has 2 atom stereocenters. The smallest absolute Gasteiger partial charge is 0.181 e. The summed E-state index contributed by atoms with van der Waals surface area (Å²) in [7, 11) is 0. The first-order chi connectivity index (χ1) is 10.1. The summed E-state index contributed by atoms with van der Waals surface area (Å²) in [4.78, 5) is 0. The molecule has 0 fully saturated rings. The molecule has 2 unspecified atom stereocenters. The van der Waals surface area contributed by atoms with Gasteiger partial charge in [-0.3, -0.25) is 5.11 Å². The second kappa shape index (κ2) is 7.11. The van der Waals surface area contributed by atoms with E-state index in [1.807, 2.05) is 19.1 Å². The molecule has 4 heteroatoms. The van der Waals surface area contributed by atoms with Gasteiger partial charge in [-0.2, -0.15) is 0 Å². The van der Waals surface area contributed by atoms with Crippen LogP contribution in [0.1, 0.15) is 24.2 Å². The van der Waals surface area contributed by atoms with E-state index in [9.17, 15) is 15.3 Å². The highest BCUT2D eigenvalue weighted by molar-refractivity contribution is 5.32. The maximum atomic E-state index is 11.6. The van der Waals surface area contributed by atoms with E-state index in [4.69, 9.17) is 0 Å². The van der Waals surface area contributed by atoms with E-state index in [1.165, 1.54) is 0 Å². The van der Waals surface area contributed by atoms with Crippen LogP contribution >= 0.6 is 0 Å². The summed E-state index contributed by atoms with van der Waals surface area (Å²) < 4.78 is 0. The van der Waals surface area contributed by atoms with Crippen molar-refractivity contribution >= 4 is 0 Å². The highest BCUT2D eigenvalue weighted by atomic mass is 16.3. The standard InChI is InChI=1S/C17H20NO3/c1-12(10-14-4-2-3-5-16(14)20)18-11-17(21)13-6-8-15(19)9-7-13/h2-9,12,17-19,21H,10-11H2,1H3. The van der Waals surface area contributed by atoms with Gasteiger partial charge in [-0.25, -0.2) is 0 Å². The molecule has 21 heavy (non-hydrogen) atoms. The van der Waals surface area contributed by atoms with Crippen LogP contribution < -0.4 is 5.32 Å². The van der Waals surface area contributed by atoms with E-state index >= 15 is 0 Å². The van der Waals surface area contributed by atoms with Crippen molar-refractivity contribution in [1.82, 2.24) is 5.32 Å². The van der Waals surface area contributed by atoms with Gasteiger partial charge < -0.3 is 15.5 Å². The third-order valence-electron chi connectivity index (χ3n) is 3.44. The number of aliphatic hydroxyl groups is 1. The Balaban J connectivity index is 1.85. The molecule has 0 bridgehead atoms. The third-order valence-corrected chi connectivity index (χ3v) is 3.44. The van der Waals surface area contributed by atoms with Crippen LogP contribution in [0.15, 0.2) is 48.5 Å². The number of benzene rings is 2. The number of rotatable bonds is 6. The topological polar surface area (TPSA) is 72.4 Å². The van der Waals surface area contributed by atoms with Gasteiger partial charge in [0.25, 0.3) is 0 Å². The lowest BCUT2D eigenvalue weighted by molar-refractivity contribution is 0.170. The Morgan fingerprint density at radius 2 is 1.76 bits per heavy atom. The van der Waals surface area contributed by atoms with Gasteiger partial charge in [0.15, 0.2) is 5.75 Å². The van der Waals surface area contributed by atoms with Crippen molar-refractivity contribution in [1.29, 1.82) is 0 Å². The quantitative estimate of drug-likeness (QED) is 0.764. The summed E-state index contributed by atoms with van der Waals surface area (Å²) in [5.74, 6) is 0.226. The van der Waals surface area contributed by atoms with E-state index in [0.29, 0.717) is 13.0 Å². The van der Waals surface area contributed by atoms with Gasteiger partial charge in [-0.1, -0.05) is 30.3 Å². The van der Waals surface area contributed by atoms with Crippen LogP contribution in [0.3, 0.4) is 0 Å². The fourth-order valence-corrected chi connectivity index (χ4v) is 2.20. The Morgan fingerprint density at radius 1 is 1.10 bits per heavy atom. The lowest BCUT2D eigenvalue weighted by atomic mass is 10.1. The van der Waals surface area contributed by atoms with Crippen molar-refractivity contribution in [2.45, 2.75) is 25.5 Å². The molecule has 0 saturated carbocycles. The maximum Gasteiger partial charge on any atom is 0.181 e. The summed E-state index contributed by atoms with van der Waals surface area (Å²) in [5.41, 5.74) is 1.52. The summed E-state index contributed by atoms with van der Waals surface area (Å²) in [6.07, 6.45) is -0.0161. The Bertz CT molecular complexity index is 569. The molecular weight excluding hydrogens is 266 g/mol. The largest absolute Gasteiger partial charge is 0.508 e. The zero-order valence-electron chi connectivity index (χ0n) is 12.0. The molecule has 111 valence electrons. The minimum atomic E-state index is -0.643. The van der Waals surface area contributed by atoms with Crippen molar-refractivity contribution in [2.75, 3.05) is 6.54 Å². The molecule has 0 aromatic heterocycles. The van der Waals surface area contributed by atoms with E-state index in [0.717, 1.165) is 11.1 Å². The summed E-state index contributed by atoms with van der Waals surface area (Å²) in [6.45, 7) is 2.38. The van der Waals surface area contributed by atoms with Crippen LogP contribution in [0, 0.1) is 0 Å². The molecule has 2 rings (SSSR count). The Morgan fingerprint density at radius 3 is 2.43 bits per heavy atom. The molecule has 0 saturated heterocycles. The third kappa shape index (κ3) is 4.48. The number of nitrogens with one attached hydrogen (secondary N) is 1. The first-order valence-corrected chi connectivity index (χ1v) is 7.01. The minimum Gasteiger partial charge on any atom is -0.508 e. The molecule has 0 aliphatic heterocycles. The molecule has 0 aliphatic rings. The average Bonchev–Trinajstić information content (AvgIpc) is 2.48. The molecule has 4 nitrogen and oxygen atoms in total. The number of phenolic OH excluding ortho intramolecular Hbond substituents is 1. The highest BCUT2D eigenvalue weighted by Gasteiger charge is 2.11. The number of aromatic hydroxyl groups is 1. The number of para-hydroxylation sites is 1.